The predicted molar refractivity (Wildman–Crippen MR) is 109 cm³/mol. The Morgan fingerprint density at radius 1 is 1.31 bits per heavy atom. The fourth-order valence-corrected chi connectivity index (χ4v) is 3.10. The Bertz CT molecular complexity index is 660. The first-order valence-electron chi connectivity index (χ1n) is 10.1. The Morgan fingerprint density at radius 3 is 2.59 bits per heavy atom. The van der Waals surface area contributed by atoms with Crippen LogP contribution in [0.2, 0.25) is 0 Å². The van der Waals surface area contributed by atoms with Crippen molar-refractivity contribution < 1.29 is 23.9 Å². The molecule has 2 aliphatic rings. The van der Waals surface area contributed by atoms with Crippen LogP contribution in [0.3, 0.4) is 0 Å². The Balaban J connectivity index is 1.84. The largest absolute Gasteiger partial charge is 0.444 e. The van der Waals surface area contributed by atoms with Crippen molar-refractivity contribution in [2.24, 2.45) is 4.99 Å². The van der Waals surface area contributed by atoms with Gasteiger partial charge in [0.15, 0.2) is 5.78 Å². The van der Waals surface area contributed by atoms with E-state index in [1.54, 1.807) is 17.2 Å². The van der Waals surface area contributed by atoms with Crippen LogP contribution >= 0.6 is 0 Å². The number of likely N-dealkylation sites (tertiary alicyclic amines) is 1. The first kappa shape index (κ1) is 22.9. The summed E-state index contributed by atoms with van der Waals surface area (Å²) in [4.78, 5) is 42.5. The van der Waals surface area contributed by atoms with Crippen molar-refractivity contribution in [1.29, 1.82) is 0 Å². The smallest absolute Gasteiger partial charge is 0.410 e. The summed E-state index contributed by atoms with van der Waals surface area (Å²) in [5.74, 6) is -0.122. The number of allylic oxidation sites excluding steroid dienone is 1. The van der Waals surface area contributed by atoms with Crippen LogP contribution in [-0.4, -0.2) is 72.5 Å². The molecule has 2 aliphatic heterocycles. The maximum absolute atomic E-state index is 12.5. The van der Waals surface area contributed by atoms with Crippen LogP contribution in [0.5, 0.6) is 0 Å². The van der Waals surface area contributed by atoms with E-state index < -0.39 is 11.6 Å². The van der Waals surface area contributed by atoms with Crippen molar-refractivity contribution in [2.45, 2.75) is 64.6 Å². The minimum absolute atomic E-state index is 0.0645. The number of hydrogen-bond donors (Lipinski definition) is 2. The van der Waals surface area contributed by atoms with Crippen molar-refractivity contribution in [3.63, 3.8) is 0 Å². The maximum Gasteiger partial charge on any atom is 0.410 e. The molecule has 0 aromatic rings. The van der Waals surface area contributed by atoms with Gasteiger partial charge in [-0.25, -0.2) is 9.59 Å². The third-order valence-corrected chi connectivity index (χ3v) is 4.51. The molecule has 0 saturated carbocycles. The lowest BCUT2D eigenvalue weighted by atomic mass is 10.0. The number of carbonyl (C=O) groups excluding carboxylic acids is 3. The van der Waals surface area contributed by atoms with Gasteiger partial charge in [-0.15, -0.1) is 0 Å². The summed E-state index contributed by atoms with van der Waals surface area (Å²) >= 11 is 0. The number of hydrogen-bond acceptors (Lipinski definition) is 6. The van der Waals surface area contributed by atoms with Gasteiger partial charge in [-0.05, 0) is 40.5 Å². The van der Waals surface area contributed by atoms with Crippen LogP contribution in [-0.2, 0) is 14.3 Å². The molecule has 2 rings (SSSR count). The van der Waals surface area contributed by atoms with Gasteiger partial charge < -0.3 is 25.0 Å². The predicted octanol–water partition coefficient (Wildman–Crippen LogP) is 2.02. The lowest BCUT2D eigenvalue weighted by Gasteiger charge is -2.34. The van der Waals surface area contributed by atoms with Crippen LogP contribution in [0.1, 0.15) is 47.0 Å². The molecule has 0 radical (unpaired) electrons. The van der Waals surface area contributed by atoms with E-state index in [0.717, 1.165) is 0 Å². The molecule has 9 heteroatoms. The molecule has 2 heterocycles. The minimum atomic E-state index is -0.603. The van der Waals surface area contributed by atoms with Gasteiger partial charge in [0.05, 0.1) is 12.6 Å². The van der Waals surface area contributed by atoms with Gasteiger partial charge in [0, 0.05) is 38.4 Å². The molecule has 0 spiro atoms. The quantitative estimate of drug-likeness (QED) is 0.699. The highest BCUT2D eigenvalue weighted by molar-refractivity contribution is 6.43. The molecule has 9 nitrogen and oxygen atoms in total. The molecule has 2 N–H and O–H groups in total. The third-order valence-electron chi connectivity index (χ3n) is 4.51. The second-order valence-corrected chi connectivity index (χ2v) is 8.10. The van der Waals surface area contributed by atoms with Crippen LogP contribution in [0.15, 0.2) is 17.3 Å². The zero-order valence-corrected chi connectivity index (χ0v) is 17.7. The normalized spacial score (nSPS) is 18.8. The van der Waals surface area contributed by atoms with E-state index in [-0.39, 0.29) is 37.0 Å². The Hall–Kier alpha value is -2.42. The Morgan fingerprint density at radius 2 is 2.00 bits per heavy atom. The molecule has 1 unspecified atom stereocenters. The average molecular weight is 408 g/mol. The number of aliphatic imine (C=N–C) groups is 1. The van der Waals surface area contributed by atoms with Gasteiger partial charge in [0.2, 0.25) is 0 Å². The number of carbonyl (C=O) groups is 3. The van der Waals surface area contributed by atoms with Gasteiger partial charge in [0.1, 0.15) is 11.3 Å². The van der Waals surface area contributed by atoms with E-state index in [2.05, 4.69) is 15.6 Å². The highest BCUT2D eigenvalue weighted by atomic mass is 16.6. The zero-order valence-electron chi connectivity index (χ0n) is 17.7. The first-order valence-corrected chi connectivity index (χ1v) is 10.1. The molecule has 0 aromatic heterocycles. The van der Waals surface area contributed by atoms with Crippen molar-refractivity contribution >= 4 is 23.6 Å². The Kier molecular flexibility index (Phi) is 8.19. The molecule has 3 amide bonds. The van der Waals surface area contributed by atoms with Gasteiger partial charge in [-0.1, -0.05) is 6.08 Å². The number of nitrogens with one attached hydrogen (secondary N) is 2. The first-order chi connectivity index (χ1) is 13.7. The number of amides is 3. The maximum atomic E-state index is 12.5. The molecule has 0 aliphatic carbocycles. The van der Waals surface area contributed by atoms with Crippen molar-refractivity contribution in [1.82, 2.24) is 15.5 Å². The summed E-state index contributed by atoms with van der Waals surface area (Å²) in [6.07, 6.45) is 4.45. The monoisotopic (exact) mass is 408 g/mol. The minimum Gasteiger partial charge on any atom is -0.444 e. The van der Waals surface area contributed by atoms with E-state index in [4.69, 9.17) is 9.47 Å². The van der Waals surface area contributed by atoms with Crippen LogP contribution in [0, 0.1) is 0 Å². The van der Waals surface area contributed by atoms with Crippen LogP contribution < -0.4 is 10.6 Å². The highest BCUT2D eigenvalue weighted by Gasteiger charge is 2.29. The SMILES string of the molecule is CCOCC(NC(=O)NC1CCN(C(=O)OC(C)(C)C)CC1)C1=NC=CCC1=O. The van der Waals surface area contributed by atoms with Gasteiger partial charge in [-0.2, -0.15) is 0 Å². The van der Waals surface area contributed by atoms with Gasteiger partial charge >= 0.3 is 12.1 Å². The van der Waals surface area contributed by atoms with Crippen molar-refractivity contribution in [3.05, 3.63) is 12.3 Å². The number of Topliss-reactive ketones (excluding diaryl/α,β-unsaturated/α-hetero) is 1. The lowest BCUT2D eigenvalue weighted by molar-refractivity contribution is -0.112. The topological polar surface area (TPSA) is 109 Å². The molecular formula is C20H32N4O5. The summed E-state index contributed by atoms with van der Waals surface area (Å²) in [6, 6.07) is -1.05. The van der Waals surface area contributed by atoms with E-state index in [1.807, 2.05) is 27.7 Å². The summed E-state index contributed by atoms with van der Waals surface area (Å²) in [7, 11) is 0. The molecule has 29 heavy (non-hydrogen) atoms. The number of urea groups is 1. The fraction of sp³-hybridized carbons (Fsp3) is 0.700. The van der Waals surface area contributed by atoms with Crippen molar-refractivity contribution in [2.75, 3.05) is 26.3 Å². The number of piperidine rings is 1. The van der Waals surface area contributed by atoms with Crippen LogP contribution in [0.4, 0.5) is 9.59 Å². The standard InChI is InChI=1S/C20H32N4O5/c1-5-28-13-15(17-16(25)7-6-10-21-17)23-18(26)22-14-8-11-24(12-9-14)19(27)29-20(2,3)4/h6,10,14-15H,5,7-9,11-13H2,1-4H3,(H2,22,23,26). The van der Waals surface area contributed by atoms with Gasteiger partial charge in [-0.3, -0.25) is 9.79 Å². The van der Waals surface area contributed by atoms with E-state index in [9.17, 15) is 14.4 Å². The molecule has 0 aromatic carbocycles. The van der Waals surface area contributed by atoms with E-state index in [1.165, 1.54) is 0 Å². The van der Waals surface area contributed by atoms with Crippen molar-refractivity contribution in [3.8, 4) is 0 Å². The average Bonchev–Trinajstić information content (AvgIpc) is 2.65. The number of rotatable bonds is 6. The number of ether oxygens (including phenoxy) is 2. The lowest BCUT2D eigenvalue weighted by Crippen LogP contribution is -2.54. The molecule has 162 valence electrons. The van der Waals surface area contributed by atoms with E-state index >= 15 is 0 Å². The molecule has 1 saturated heterocycles. The summed E-state index contributed by atoms with van der Waals surface area (Å²) in [5, 5.41) is 5.72. The van der Waals surface area contributed by atoms with Gasteiger partial charge in [0.25, 0.3) is 0 Å². The van der Waals surface area contributed by atoms with Crippen LogP contribution in [0.25, 0.3) is 0 Å². The summed E-state index contributed by atoms with van der Waals surface area (Å²) < 4.78 is 10.8. The zero-order chi connectivity index (χ0) is 21.4. The van der Waals surface area contributed by atoms with E-state index in [0.29, 0.717) is 38.2 Å². The Labute approximate surface area is 171 Å². The second-order valence-electron chi connectivity index (χ2n) is 8.10. The number of nitrogens with zero attached hydrogens (tertiary/aromatic N) is 2. The molecule has 1 atom stereocenters. The third kappa shape index (κ3) is 7.49. The second kappa shape index (κ2) is 10.4. The fourth-order valence-electron chi connectivity index (χ4n) is 3.10. The molecule has 1 fully saturated rings. The highest BCUT2D eigenvalue weighted by Crippen LogP contribution is 2.15. The molecule has 0 bridgehead atoms. The molecular weight excluding hydrogens is 376 g/mol. The summed E-state index contributed by atoms with van der Waals surface area (Å²) in [5.41, 5.74) is -0.230. The number of ketones is 1. The summed E-state index contributed by atoms with van der Waals surface area (Å²) in [6.45, 7) is 9.02.